The van der Waals surface area contributed by atoms with E-state index in [2.05, 4.69) is 10.4 Å². The highest BCUT2D eigenvalue weighted by Crippen LogP contribution is 2.27. The average Bonchev–Trinajstić information content (AvgIpc) is 2.78. The van der Waals surface area contributed by atoms with Crippen LogP contribution in [0.1, 0.15) is 24.2 Å². The molecule has 1 unspecified atom stereocenters. The second kappa shape index (κ2) is 5.75. The average molecular weight is 261 g/mol. The van der Waals surface area contributed by atoms with Crippen molar-refractivity contribution < 1.29 is 10.2 Å². The molecule has 1 aromatic carbocycles. The molecule has 0 amide bonds. The molecule has 1 aromatic heterocycles. The fourth-order valence-corrected chi connectivity index (χ4v) is 2.06. The van der Waals surface area contributed by atoms with Gasteiger partial charge in [-0.05, 0) is 31.2 Å². The number of hydrogen-bond acceptors (Lipinski definition) is 4. The van der Waals surface area contributed by atoms with Crippen molar-refractivity contribution in [3.05, 3.63) is 41.7 Å². The molecule has 0 saturated heterocycles. The standard InChI is InChI=1S/C14H19N3O2/c1-10(13-9-12(18)3-4-14(13)19)15-7-5-11-6-8-16-17(11)2/h3-4,6,8-10,15,18-19H,5,7H2,1-2H3. The lowest BCUT2D eigenvalue weighted by Gasteiger charge is -2.16. The highest BCUT2D eigenvalue weighted by atomic mass is 16.3. The van der Waals surface area contributed by atoms with Crippen molar-refractivity contribution in [3.63, 3.8) is 0 Å². The topological polar surface area (TPSA) is 70.3 Å². The number of aromatic hydroxyl groups is 2. The highest BCUT2D eigenvalue weighted by Gasteiger charge is 2.10. The third-order valence-electron chi connectivity index (χ3n) is 3.23. The molecule has 0 saturated carbocycles. The van der Waals surface area contributed by atoms with E-state index in [0.29, 0.717) is 5.56 Å². The first-order valence-corrected chi connectivity index (χ1v) is 6.30. The third kappa shape index (κ3) is 3.26. The third-order valence-corrected chi connectivity index (χ3v) is 3.23. The molecule has 5 nitrogen and oxygen atoms in total. The Balaban J connectivity index is 1.92. The van der Waals surface area contributed by atoms with Crippen LogP contribution in [0.5, 0.6) is 11.5 Å². The minimum absolute atomic E-state index is 0.0275. The van der Waals surface area contributed by atoms with Gasteiger partial charge in [0.05, 0.1) is 0 Å². The summed E-state index contributed by atoms with van der Waals surface area (Å²) in [6.45, 7) is 2.73. The first kappa shape index (κ1) is 13.4. The summed E-state index contributed by atoms with van der Waals surface area (Å²) in [7, 11) is 1.92. The van der Waals surface area contributed by atoms with E-state index in [1.807, 2.05) is 24.7 Å². The normalized spacial score (nSPS) is 12.5. The quantitative estimate of drug-likeness (QED) is 0.717. The molecule has 19 heavy (non-hydrogen) atoms. The van der Waals surface area contributed by atoms with Gasteiger partial charge in [-0.2, -0.15) is 5.10 Å². The number of rotatable bonds is 5. The molecule has 0 aliphatic rings. The lowest BCUT2D eigenvalue weighted by atomic mass is 10.1. The van der Waals surface area contributed by atoms with Gasteiger partial charge in [-0.25, -0.2) is 0 Å². The van der Waals surface area contributed by atoms with Gasteiger partial charge < -0.3 is 15.5 Å². The zero-order chi connectivity index (χ0) is 13.8. The van der Waals surface area contributed by atoms with Crippen LogP contribution in [-0.4, -0.2) is 26.5 Å². The van der Waals surface area contributed by atoms with Crippen LogP contribution in [0, 0.1) is 0 Å². The summed E-state index contributed by atoms with van der Waals surface area (Å²) in [5.74, 6) is 0.353. The Morgan fingerprint density at radius 1 is 1.32 bits per heavy atom. The predicted octanol–water partition coefficient (Wildman–Crippen LogP) is 1.72. The molecular weight excluding hydrogens is 242 g/mol. The number of aryl methyl sites for hydroxylation is 1. The van der Waals surface area contributed by atoms with Crippen LogP contribution < -0.4 is 5.32 Å². The lowest BCUT2D eigenvalue weighted by molar-refractivity contribution is 0.441. The van der Waals surface area contributed by atoms with Crippen molar-refractivity contribution in [2.45, 2.75) is 19.4 Å². The minimum atomic E-state index is -0.0275. The smallest absolute Gasteiger partial charge is 0.120 e. The molecule has 2 rings (SSSR count). The van der Waals surface area contributed by atoms with Gasteiger partial charge in [0.25, 0.3) is 0 Å². The molecule has 1 atom stereocenters. The maximum atomic E-state index is 9.77. The van der Waals surface area contributed by atoms with E-state index in [1.165, 1.54) is 12.1 Å². The number of nitrogens with zero attached hydrogens (tertiary/aromatic N) is 2. The van der Waals surface area contributed by atoms with Crippen molar-refractivity contribution in [2.24, 2.45) is 7.05 Å². The van der Waals surface area contributed by atoms with Crippen molar-refractivity contribution in [1.82, 2.24) is 15.1 Å². The summed E-state index contributed by atoms with van der Waals surface area (Å²) in [6, 6.07) is 6.51. The molecule has 2 aromatic rings. The van der Waals surface area contributed by atoms with Crippen molar-refractivity contribution in [3.8, 4) is 11.5 Å². The van der Waals surface area contributed by atoms with E-state index < -0.39 is 0 Å². The Morgan fingerprint density at radius 2 is 2.11 bits per heavy atom. The second-order valence-corrected chi connectivity index (χ2v) is 4.62. The van der Waals surface area contributed by atoms with Crippen molar-refractivity contribution in [1.29, 1.82) is 0 Å². The number of phenols is 2. The van der Waals surface area contributed by atoms with Crippen LogP contribution in [0.2, 0.25) is 0 Å². The summed E-state index contributed by atoms with van der Waals surface area (Å²) in [5.41, 5.74) is 1.85. The fourth-order valence-electron chi connectivity index (χ4n) is 2.06. The molecule has 102 valence electrons. The zero-order valence-corrected chi connectivity index (χ0v) is 11.2. The van der Waals surface area contributed by atoms with Gasteiger partial charge in [0.2, 0.25) is 0 Å². The van der Waals surface area contributed by atoms with Gasteiger partial charge in [0, 0.05) is 43.5 Å². The Labute approximate surface area is 112 Å². The molecule has 0 radical (unpaired) electrons. The van der Waals surface area contributed by atoms with Crippen LogP contribution in [0.3, 0.4) is 0 Å². The van der Waals surface area contributed by atoms with Crippen LogP contribution in [-0.2, 0) is 13.5 Å². The molecule has 0 aliphatic carbocycles. The number of benzene rings is 1. The Hall–Kier alpha value is -2.01. The predicted molar refractivity (Wildman–Crippen MR) is 73.1 cm³/mol. The van der Waals surface area contributed by atoms with Crippen molar-refractivity contribution >= 4 is 0 Å². The van der Waals surface area contributed by atoms with Crippen molar-refractivity contribution in [2.75, 3.05) is 6.54 Å². The van der Waals surface area contributed by atoms with Gasteiger partial charge in [-0.3, -0.25) is 4.68 Å². The van der Waals surface area contributed by atoms with E-state index in [-0.39, 0.29) is 17.5 Å². The Morgan fingerprint density at radius 3 is 2.79 bits per heavy atom. The van der Waals surface area contributed by atoms with E-state index >= 15 is 0 Å². The largest absolute Gasteiger partial charge is 0.508 e. The monoisotopic (exact) mass is 261 g/mol. The summed E-state index contributed by atoms with van der Waals surface area (Å²) in [6.07, 6.45) is 2.64. The van der Waals surface area contributed by atoms with Crippen LogP contribution in [0.25, 0.3) is 0 Å². The van der Waals surface area contributed by atoms with Crippen LogP contribution in [0.15, 0.2) is 30.5 Å². The number of phenolic OH excluding ortho intramolecular Hbond substituents is 2. The first-order chi connectivity index (χ1) is 9.08. The van der Waals surface area contributed by atoms with E-state index in [0.717, 1.165) is 18.7 Å². The number of nitrogens with one attached hydrogen (secondary N) is 1. The van der Waals surface area contributed by atoms with E-state index in [4.69, 9.17) is 0 Å². The lowest BCUT2D eigenvalue weighted by Crippen LogP contribution is -2.22. The Bertz CT molecular complexity index is 551. The molecule has 5 heteroatoms. The molecule has 3 N–H and O–H groups in total. The van der Waals surface area contributed by atoms with Gasteiger partial charge >= 0.3 is 0 Å². The van der Waals surface area contributed by atoms with Gasteiger partial charge in [0.1, 0.15) is 11.5 Å². The van der Waals surface area contributed by atoms with Gasteiger partial charge in [-0.15, -0.1) is 0 Å². The molecule has 0 aliphatic heterocycles. The summed E-state index contributed by atoms with van der Waals surface area (Å²) in [4.78, 5) is 0. The maximum absolute atomic E-state index is 9.77. The number of aromatic nitrogens is 2. The molecule has 0 bridgehead atoms. The van der Waals surface area contributed by atoms with Crippen LogP contribution >= 0.6 is 0 Å². The van der Waals surface area contributed by atoms with Crippen LogP contribution in [0.4, 0.5) is 0 Å². The Kier molecular flexibility index (Phi) is 4.06. The SMILES string of the molecule is CC(NCCc1ccnn1C)c1cc(O)ccc1O. The zero-order valence-electron chi connectivity index (χ0n) is 11.2. The van der Waals surface area contributed by atoms with Gasteiger partial charge in [0.15, 0.2) is 0 Å². The summed E-state index contributed by atoms with van der Waals surface area (Å²) in [5, 5.41) is 26.6. The van der Waals surface area contributed by atoms with E-state index in [9.17, 15) is 10.2 Å². The molecule has 0 fully saturated rings. The fraction of sp³-hybridized carbons (Fsp3) is 0.357. The summed E-state index contributed by atoms with van der Waals surface area (Å²) < 4.78 is 1.85. The summed E-state index contributed by atoms with van der Waals surface area (Å²) >= 11 is 0. The first-order valence-electron chi connectivity index (χ1n) is 6.30. The highest BCUT2D eigenvalue weighted by molar-refractivity contribution is 5.40. The molecule has 0 spiro atoms. The number of hydrogen-bond donors (Lipinski definition) is 3. The second-order valence-electron chi connectivity index (χ2n) is 4.62. The van der Waals surface area contributed by atoms with Gasteiger partial charge in [-0.1, -0.05) is 0 Å². The maximum Gasteiger partial charge on any atom is 0.120 e. The van der Waals surface area contributed by atoms with E-state index in [1.54, 1.807) is 12.3 Å². The molecule has 1 heterocycles. The minimum Gasteiger partial charge on any atom is -0.508 e. The molecular formula is C14H19N3O2.